The smallest absolute Gasteiger partial charge is 0.335 e. The van der Waals surface area contributed by atoms with E-state index >= 15 is 0 Å². The van der Waals surface area contributed by atoms with Crippen LogP contribution in [0.1, 0.15) is 36.0 Å². The summed E-state index contributed by atoms with van der Waals surface area (Å²) >= 11 is 0. The molecule has 0 atom stereocenters. The van der Waals surface area contributed by atoms with E-state index in [0.29, 0.717) is 5.89 Å². The lowest BCUT2D eigenvalue weighted by atomic mass is 10.2. The van der Waals surface area contributed by atoms with Crippen LogP contribution in [0.2, 0.25) is 0 Å². The van der Waals surface area contributed by atoms with Gasteiger partial charge in [0.25, 0.3) is 0 Å². The third-order valence-corrected chi connectivity index (χ3v) is 2.21. The fourth-order valence-corrected chi connectivity index (χ4v) is 1.38. The Kier molecular flexibility index (Phi) is 2.38. The molecule has 1 N–H and O–H groups in total. The van der Waals surface area contributed by atoms with Crippen LogP contribution in [0.25, 0.3) is 11.1 Å². The molecule has 0 unspecified atom stereocenters. The molecule has 2 aromatic rings. The lowest BCUT2D eigenvalue weighted by Gasteiger charge is -1.94. The van der Waals surface area contributed by atoms with E-state index in [0.717, 1.165) is 6.07 Å². The van der Waals surface area contributed by atoms with Crippen molar-refractivity contribution in [1.29, 1.82) is 0 Å². The highest BCUT2D eigenvalue weighted by molar-refractivity contribution is 5.92. The molecular formula is C11H10FNO3. The molecular weight excluding hydrogens is 213 g/mol. The van der Waals surface area contributed by atoms with Gasteiger partial charge in [-0.25, -0.2) is 14.2 Å². The van der Waals surface area contributed by atoms with Gasteiger partial charge < -0.3 is 9.52 Å². The summed E-state index contributed by atoms with van der Waals surface area (Å²) in [6.45, 7) is 3.72. The quantitative estimate of drug-likeness (QED) is 0.850. The largest absolute Gasteiger partial charge is 0.478 e. The maximum Gasteiger partial charge on any atom is 0.335 e. The van der Waals surface area contributed by atoms with Crippen molar-refractivity contribution in [3.8, 4) is 0 Å². The number of fused-ring (bicyclic) bond motifs is 1. The third kappa shape index (κ3) is 1.64. The minimum Gasteiger partial charge on any atom is -0.478 e. The molecule has 1 aromatic heterocycles. The average Bonchev–Trinajstić information content (AvgIpc) is 2.61. The first-order chi connectivity index (χ1) is 7.49. The van der Waals surface area contributed by atoms with Crippen LogP contribution in [0.5, 0.6) is 0 Å². The predicted molar refractivity (Wildman–Crippen MR) is 55.0 cm³/mol. The van der Waals surface area contributed by atoms with Gasteiger partial charge in [-0.15, -0.1) is 0 Å². The van der Waals surface area contributed by atoms with Crippen LogP contribution in [0.4, 0.5) is 4.39 Å². The second-order valence-corrected chi connectivity index (χ2v) is 3.82. The first kappa shape index (κ1) is 10.6. The minimum atomic E-state index is -1.19. The summed E-state index contributed by atoms with van der Waals surface area (Å²) < 4.78 is 18.8. The zero-order chi connectivity index (χ0) is 11.9. The maximum absolute atomic E-state index is 13.5. The van der Waals surface area contributed by atoms with Crippen molar-refractivity contribution in [2.24, 2.45) is 0 Å². The number of oxazole rings is 1. The molecule has 2 rings (SSSR count). The Labute approximate surface area is 90.7 Å². The molecule has 0 aliphatic heterocycles. The number of rotatable bonds is 2. The van der Waals surface area contributed by atoms with Crippen LogP contribution in [-0.4, -0.2) is 16.1 Å². The van der Waals surface area contributed by atoms with Crippen LogP contribution in [-0.2, 0) is 0 Å². The molecule has 1 aromatic carbocycles. The molecule has 84 valence electrons. The van der Waals surface area contributed by atoms with Crippen LogP contribution >= 0.6 is 0 Å². The topological polar surface area (TPSA) is 63.3 Å². The van der Waals surface area contributed by atoms with Crippen LogP contribution in [0, 0.1) is 5.82 Å². The van der Waals surface area contributed by atoms with Crippen LogP contribution in [0.15, 0.2) is 16.5 Å². The molecule has 4 nitrogen and oxygen atoms in total. The van der Waals surface area contributed by atoms with Gasteiger partial charge in [0.15, 0.2) is 17.3 Å². The van der Waals surface area contributed by atoms with E-state index in [1.165, 1.54) is 6.07 Å². The minimum absolute atomic E-state index is 0.0279. The fourth-order valence-electron chi connectivity index (χ4n) is 1.38. The third-order valence-electron chi connectivity index (χ3n) is 2.21. The average molecular weight is 223 g/mol. The van der Waals surface area contributed by atoms with E-state index in [1.807, 2.05) is 13.8 Å². The Morgan fingerprint density at radius 1 is 1.50 bits per heavy atom. The van der Waals surface area contributed by atoms with Crippen LogP contribution in [0.3, 0.4) is 0 Å². The Bertz CT molecular complexity index is 560. The molecule has 0 aliphatic carbocycles. The molecule has 0 aliphatic rings. The highest BCUT2D eigenvalue weighted by Crippen LogP contribution is 2.24. The Morgan fingerprint density at radius 3 is 2.75 bits per heavy atom. The van der Waals surface area contributed by atoms with Gasteiger partial charge in [-0.1, -0.05) is 13.8 Å². The molecule has 0 spiro atoms. The summed E-state index contributed by atoms with van der Waals surface area (Å²) in [7, 11) is 0. The molecule has 0 saturated carbocycles. The highest BCUT2D eigenvalue weighted by Gasteiger charge is 2.16. The maximum atomic E-state index is 13.5. The number of nitrogens with zero attached hydrogens (tertiary/aromatic N) is 1. The highest BCUT2D eigenvalue weighted by atomic mass is 19.1. The van der Waals surface area contributed by atoms with E-state index in [-0.39, 0.29) is 22.6 Å². The van der Waals surface area contributed by atoms with E-state index in [2.05, 4.69) is 4.98 Å². The van der Waals surface area contributed by atoms with E-state index < -0.39 is 11.8 Å². The predicted octanol–water partition coefficient (Wildman–Crippen LogP) is 2.79. The van der Waals surface area contributed by atoms with Crippen molar-refractivity contribution in [3.05, 3.63) is 29.4 Å². The number of aromatic nitrogens is 1. The summed E-state index contributed by atoms with van der Waals surface area (Å²) in [5.74, 6) is -1.44. The number of aromatic carboxylic acids is 1. The van der Waals surface area contributed by atoms with Gasteiger partial charge in [-0.3, -0.25) is 0 Å². The molecule has 0 radical (unpaired) electrons. The zero-order valence-electron chi connectivity index (χ0n) is 8.82. The van der Waals surface area contributed by atoms with E-state index in [1.54, 1.807) is 0 Å². The van der Waals surface area contributed by atoms with Gasteiger partial charge in [0, 0.05) is 5.92 Å². The number of hydrogen-bond donors (Lipinski definition) is 1. The molecule has 0 saturated heterocycles. The van der Waals surface area contributed by atoms with Crippen LogP contribution < -0.4 is 0 Å². The Balaban J connectivity index is 2.68. The normalized spacial score (nSPS) is 11.2. The monoisotopic (exact) mass is 223 g/mol. The number of hydrogen-bond acceptors (Lipinski definition) is 3. The summed E-state index contributed by atoms with van der Waals surface area (Å²) in [5.41, 5.74) is 0.103. The second kappa shape index (κ2) is 3.59. The molecule has 5 heteroatoms. The molecule has 16 heavy (non-hydrogen) atoms. The zero-order valence-corrected chi connectivity index (χ0v) is 8.82. The van der Waals surface area contributed by atoms with E-state index in [9.17, 15) is 9.18 Å². The Hall–Kier alpha value is -1.91. The summed E-state index contributed by atoms with van der Waals surface area (Å²) in [4.78, 5) is 14.7. The standard InChI is InChI=1S/C11H10FNO3/c1-5(2)10-13-9-7(12)3-6(11(14)15)4-8(9)16-10/h3-5H,1-2H3,(H,14,15). The first-order valence-electron chi connectivity index (χ1n) is 4.82. The number of halogens is 1. The van der Waals surface area contributed by atoms with Crippen molar-refractivity contribution in [2.45, 2.75) is 19.8 Å². The van der Waals surface area contributed by atoms with Gasteiger partial charge in [-0.05, 0) is 12.1 Å². The second-order valence-electron chi connectivity index (χ2n) is 3.82. The number of carboxylic acid groups (broad SMARTS) is 1. The number of carbonyl (C=O) groups is 1. The van der Waals surface area contributed by atoms with Crippen molar-refractivity contribution >= 4 is 17.1 Å². The molecule has 0 bridgehead atoms. The lowest BCUT2D eigenvalue weighted by molar-refractivity contribution is 0.0696. The van der Waals surface area contributed by atoms with Crippen molar-refractivity contribution in [3.63, 3.8) is 0 Å². The lowest BCUT2D eigenvalue weighted by Crippen LogP contribution is -1.96. The molecule has 1 heterocycles. The van der Waals surface area contributed by atoms with Gasteiger partial charge in [-0.2, -0.15) is 0 Å². The summed E-state index contributed by atoms with van der Waals surface area (Å²) in [6, 6.07) is 2.22. The SMILES string of the molecule is CC(C)c1nc2c(F)cc(C(=O)O)cc2o1. The van der Waals surface area contributed by atoms with Crippen molar-refractivity contribution in [1.82, 2.24) is 4.98 Å². The van der Waals surface area contributed by atoms with Gasteiger partial charge >= 0.3 is 5.97 Å². The molecule has 0 amide bonds. The fraction of sp³-hybridized carbons (Fsp3) is 0.273. The number of benzene rings is 1. The summed E-state index contributed by atoms with van der Waals surface area (Å²) in [5, 5.41) is 8.76. The Morgan fingerprint density at radius 2 is 2.19 bits per heavy atom. The van der Waals surface area contributed by atoms with Crippen molar-refractivity contribution in [2.75, 3.05) is 0 Å². The van der Waals surface area contributed by atoms with Gasteiger partial charge in [0.1, 0.15) is 5.52 Å². The van der Waals surface area contributed by atoms with Gasteiger partial charge in [0.2, 0.25) is 0 Å². The van der Waals surface area contributed by atoms with Gasteiger partial charge in [0.05, 0.1) is 5.56 Å². The summed E-state index contributed by atoms with van der Waals surface area (Å²) in [6.07, 6.45) is 0. The van der Waals surface area contributed by atoms with Crippen molar-refractivity contribution < 1.29 is 18.7 Å². The number of carboxylic acids is 1. The van der Waals surface area contributed by atoms with E-state index in [4.69, 9.17) is 9.52 Å². The molecule has 0 fully saturated rings. The first-order valence-corrected chi connectivity index (χ1v) is 4.82.